The molecule has 0 radical (unpaired) electrons. The highest BCUT2D eigenvalue weighted by Crippen LogP contribution is 2.28. The normalized spacial score (nSPS) is 9.69. The molecule has 0 unspecified atom stereocenters. The van der Waals surface area contributed by atoms with E-state index in [4.69, 9.17) is 17.3 Å². The van der Waals surface area contributed by atoms with Crippen LogP contribution in [0.2, 0.25) is 5.02 Å². The number of carbonyl (C=O) groups is 1. The van der Waals surface area contributed by atoms with Crippen molar-refractivity contribution in [2.75, 3.05) is 12.4 Å². The molecule has 1 rings (SSSR count). The van der Waals surface area contributed by atoms with Crippen molar-refractivity contribution >= 4 is 40.6 Å². The molecule has 0 aromatic heterocycles. The molecule has 0 amide bonds. The molecule has 16 heavy (non-hydrogen) atoms. The molecule has 0 aliphatic rings. The Morgan fingerprint density at radius 1 is 1.62 bits per heavy atom. The van der Waals surface area contributed by atoms with Gasteiger partial charge in [-0.25, -0.2) is 9.18 Å². The van der Waals surface area contributed by atoms with Gasteiger partial charge in [-0.1, -0.05) is 11.6 Å². The van der Waals surface area contributed by atoms with Crippen molar-refractivity contribution in [3.63, 3.8) is 0 Å². The summed E-state index contributed by atoms with van der Waals surface area (Å²) in [4.78, 5) is 11.3. The van der Waals surface area contributed by atoms with Crippen molar-refractivity contribution < 1.29 is 13.9 Å². The fourth-order valence-corrected chi connectivity index (χ4v) is 1.46. The third-order valence-corrected chi connectivity index (χ3v) is 2.23. The van der Waals surface area contributed by atoms with Crippen molar-refractivity contribution in [1.82, 2.24) is 0 Å². The lowest BCUT2D eigenvalue weighted by Gasteiger charge is -2.10. The second-order valence-corrected chi connectivity index (χ2v) is 3.58. The number of esters is 1. The highest BCUT2D eigenvalue weighted by Gasteiger charge is 2.19. The van der Waals surface area contributed by atoms with Gasteiger partial charge in [0.2, 0.25) is 0 Å². The lowest BCUT2D eigenvalue weighted by Crippen LogP contribution is -2.20. The van der Waals surface area contributed by atoms with Crippen LogP contribution in [0.4, 0.5) is 10.1 Å². The van der Waals surface area contributed by atoms with Gasteiger partial charge in [0.15, 0.2) is 5.11 Å². The zero-order chi connectivity index (χ0) is 12.3. The van der Waals surface area contributed by atoms with E-state index in [1.54, 1.807) is 0 Å². The van der Waals surface area contributed by atoms with Crippen LogP contribution in [-0.4, -0.2) is 18.2 Å². The molecule has 86 valence electrons. The maximum absolute atomic E-state index is 13.3. The summed E-state index contributed by atoms with van der Waals surface area (Å²) in [6, 6.07) is 2.39. The van der Waals surface area contributed by atoms with E-state index in [0.29, 0.717) is 0 Å². The van der Waals surface area contributed by atoms with Gasteiger partial charge in [0.05, 0.1) is 17.8 Å². The summed E-state index contributed by atoms with van der Waals surface area (Å²) in [5.41, 5.74) is 5.13. The molecule has 1 aromatic carbocycles. The first-order valence-electron chi connectivity index (χ1n) is 4.10. The summed E-state index contributed by atoms with van der Waals surface area (Å²) in [5, 5.41) is 2.36. The average Bonchev–Trinajstić information content (AvgIpc) is 2.21. The van der Waals surface area contributed by atoms with Gasteiger partial charge in [0.1, 0.15) is 11.4 Å². The van der Waals surface area contributed by atoms with Crippen molar-refractivity contribution in [2.45, 2.75) is 0 Å². The third-order valence-electron chi connectivity index (χ3n) is 1.74. The second-order valence-electron chi connectivity index (χ2n) is 2.76. The summed E-state index contributed by atoms with van der Waals surface area (Å²) >= 11 is 10.4. The molecular formula is C9H8ClFN2O2S. The van der Waals surface area contributed by atoms with E-state index in [2.05, 4.69) is 22.3 Å². The van der Waals surface area contributed by atoms with Crippen LogP contribution in [-0.2, 0) is 4.74 Å². The first-order valence-corrected chi connectivity index (χ1v) is 4.88. The third kappa shape index (κ3) is 2.59. The van der Waals surface area contributed by atoms with E-state index in [1.165, 1.54) is 6.07 Å². The Morgan fingerprint density at radius 2 is 2.25 bits per heavy atom. The minimum absolute atomic E-state index is 0.0377. The molecule has 0 aliphatic carbocycles. The standard InChI is InChI=1S/C9H8ClFN2O2S/c1-15-8(14)6-4(11)2-3-5(7(6)10)13-9(12)16/h2-3H,1H3,(H3,12,13,16). The fourth-order valence-electron chi connectivity index (χ4n) is 1.07. The minimum Gasteiger partial charge on any atom is -0.465 e. The zero-order valence-electron chi connectivity index (χ0n) is 8.21. The molecule has 0 saturated heterocycles. The van der Waals surface area contributed by atoms with Gasteiger partial charge < -0.3 is 15.8 Å². The maximum atomic E-state index is 13.3. The SMILES string of the molecule is COC(=O)c1c(F)ccc(NC(N)=S)c1Cl. The number of thiocarbonyl (C=S) groups is 1. The minimum atomic E-state index is -0.867. The monoisotopic (exact) mass is 262 g/mol. The molecular weight excluding hydrogens is 255 g/mol. The number of rotatable bonds is 2. The Labute approximate surface area is 102 Å². The van der Waals surface area contributed by atoms with Crippen LogP contribution in [0, 0.1) is 5.82 Å². The van der Waals surface area contributed by atoms with Crippen LogP contribution in [0.5, 0.6) is 0 Å². The van der Waals surface area contributed by atoms with Crippen LogP contribution in [0.15, 0.2) is 12.1 Å². The lowest BCUT2D eigenvalue weighted by molar-refractivity contribution is 0.0596. The lowest BCUT2D eigenvalue weighted by atomic mass is 10.2. The molecule has 0 saturated carbocycles. The summed E-state index contributed by atoms with van der Waals surface area (Å²) in [6.45, 7) is 0. The Morgan fingerprint density at radius 3 is 2.75 bits per heavy atom. The number of nitrogens with two attached hydrogens (primary N) is 1. The van der Waals surface area contributed by atoms with Crippen LogP contribution >= 0.6 is 23.8 Å². The van der Waals surface area contributed by atoms with E-state index in [-0.39, 0.29) is 21.4 Å². The predicted molar refractivity (Wildman–Crippen MR) is 63.2 cm³/mol. The highest BCUT2D eigenvalue weighted by molar-refractivity contribution is 7.80. The van der Waals surface area contributed by atoms with E-state index in [0.717, 1.165) is 13.2 Å². The van der Waals surface area contributed by atoms with Crippen LogP contribution in [0.25, 0.3) is 0 Å². The Balaban J connectivity index is 3.26. The van der Waals surface area contributed by atoms with Gasteiger partial charge in [-0.05, 0) is 24.4 Å². The number of halogens is 2. The van der Waals surface area contributed by atoms with E-state index >= 15 is 0 Å². The molecule has 0 spiro atoms. The van der Waals surface area contributed by atoms with Gasteiger partial charge in [-0.3, -0.25) is 0 Å². The van der Waals surface area contributed by atoms with Crippen molar-refractivity contribution in [3.05, 3.63) is 28.5 Å². The fraction of sp³-hybridized carbons (Fsp3) is 0.111. The molecule has 0 fully saturated rings. The number of methoxy groups -OCH3 is 1. The van der Waals surface area contributed by atoms with E-state index < -0.39 is 11.8 Å². The van der Waals surface area contributed by atoms with Gasteiger partial charge in [-0.2, -0.15) is 0 Å². The van der Waals surface area contributed by atoms with E-state index in [9.17, 15) is 9.18 Å². The Kier molecular flexibility index (Phi) is 4.03. The molecule has 4 nitrogen and oxygen atoms in total. The molecule has 0 atom stereocenters. The van der Waals surface area contributed by atoms with Crippen LogP contribution < -0.4 is 11.1 Å². The topological polar surface area (TPSA) is 64.3 Å². The number of hydrogen-bond donors (Lipinski definition) is 2. The molecule has 3 N–H and O–H groups in total. The van der Waals surface area contributed by atoms with Crippen molar-refractivity contribution in [2.24, 2.45) is 5.73 Å². The molecule has 0 heterocycles. The Hall–Kier alpha value is -1.40. The van der Waals surface area contributed by atoms with Gasteiger partial charge in [0, 0.05) is 0 Å². The zero-order valence-corrected chi connectivity index (χ0v) is 9.79. The number of benzene rings is 1. The van der Waals surface area contributed by atoms with Crippen molar-refractivity contribution in [1.29, 1.82) is 0 Å². The van der Waals surface area contributed by atoms with E-state index in [1.807, 2.05) is 0 Å². The maximum Gasteiger partial charge on any atom is 0.342 e. The average molecular weight is 263 g/mol. The van der Waals surface area contributed by atoms with Gasteiger partial charge in [-0.15, -0.1) is 0 Å². The smallest absolute Gasteiger partial charge is 0.342 e. The molecule has 7 heteroatoms. The second kappa shape index (κ2) is 5.09. The predicted octanol–water partition coefficient (Wildman–Crippen LogP) is 1.92. The van der Waals surface area contributed by atoms with Crippen LogP contribution in [0.3, 0.4) is 0 Å². The Bertz CT molecular complexity index is 453. The first-order chi connectivity index (χ1) is 7.47. The summed E-state index contributed by atoms with van der Waals surface area (Å²) in [7, 11) is 1.13. The number of anilines is 1. The largest absolute Gasteiger partial charge is 0.465 e. The highest BCUT2D eigenvalue weighted by atomic mass is 35.5. The molecule has 0 bridgehead atoms. The van der Waals surface area contributed by atoms with Gasteiger partial charge >= 0.3 is 5.97 Å². The van der Waals surface area contributed by atoms with Crippen LogP contribution in [0.1, 0.15) is 10.4 Å². The first kappa shape index (κ1) is 12.7. The number of ether oxygens (including phenoxy) is 1. The summed E-state index contributed by atoms with van der Waals surface area (Å²) in [5.74, 6) is -1.64. The quantitative estimate of drug-likeness (QED) is 0.630. The summed E-state index contributed by atoms with van der Waals surface area (Å²) in [6.07, 6.45) is 0. The molecule has 0 aliphatic heterocycles. The number of carbonyl (C=O) groups excluding carboxylic acids is 1. The van der Waals surface area contributed by atoms with Crippen molar-refractivity contribution in [3.8, 4) is 0 Å². The number of hydrogen-bond acceptors (Lipinski definition) is 3. The number of nitrogens with one attached hydrogen (secondary N) is 1. The summed E-state index contributed by atoms with van der Waals surface area (Å²) < 4.78 is 17.7. The molecule has 1 aromatic rings. The van der Waals surface area contributed by atoms with Gasteiger partial charge in [0.25, 0.3) is 0 Å².